The lowest BCUT2D eigenvalue weighted by atomic mass is 9.85. The monoisotopic (exact) mass is 338 g/mol. The Morgan fingerprint density at radius 2 is 1.74 bits per heavy atom. The first kappa shape index (κ1) is 16.5. The highest BCUT2D eigenvalue weighted by molar-refractivity contribution is 7.92. The van der Waals surface area contributed by atoms with Crippen LogP contribution in [0.15, 0.2) is 29.2 Å². The minimum Gasteiger partial charge on any atom is -0.481 e. The summed E-state index contributed by atoms with van der Waals surface area (Å²) in [6.07, 6.45) is 3.81. The van der Waals surface area contributed by atoms with Gasteiger partial charge in [0.1, 0.15) is 0 Å². The van der Waals surface area contributed by atoms with Crippen LogP contribution in [0.25, 0.3) is 0 Å². The Hall–Kier alpha value is -1.40. The lowest BCUT2D eigenvalue weighted by Crippen LogP contribution is -2.21. The average molecular weight is 338 g/mol. The van der Waals surface area contributed by atoms with E-state index in [0.717, 1.165) is 25.7 Å². The molecule has 0 radical (unpaired) electrons. The first-order chi connectivity index (χ1) is 11.0. The highest BCUT2D eigenvalue weighted by atomic mass is 32.2. The zero-order valence-corrected chi connectivity index (χ0v) is 13.8. The number of carboxylic acids is 1. The van der Waals surface area contributed by atoms with E-state index in [1.54, 1.807) is 24.3 Å². The number of carbonyl (C=O) groups is 1. The van der Waals surface area contributed by atoms with Crippen molar-refractivity contribution in [2.45, 2.75) is 48.2 Å². The normalized spacial score (nSPS) is 21.0. The van der Waals surface area contributed by atoms with Gasteiger partial charge in [-0.2, -0.15) is 0 Å². The zero-order chi connectivity index (χ0) is 16.4. The van der Waals surface area contributed by atoms with E-state index in [2.05, 4.69) is 0 Å². The summed E-state index contributed by atoms with van der Waals surface area (Å²) in [5, 5.41) is 9.29. The Kier molecular flexibility index (Phi) is 4.73. The van der Waals surface area contributed by atoms with Gasteiger partial charge in [-0.3, -0.25) is 4.79 Å². The quantitative estimate of drug-likeness (QED) is 0.862. The van der Waals surface area contributed by atoms with Crippen LogP contribution in [-0.2, 0) is 19.4 Å². The molecule has 0 amide bonds. The molecule has 126 valence electrons. The maximum atomic E-state index is 12.2. The van der Waals surface area contributed by atoms with E-state index in [9.17, 15) is 18.3 Å². The number of carboxylic acid groups (broad SMARTS) is 1. The molecule has 1 aliphatic heterocycles. The second kappa shape index (κ2) is 6.61. The lowest BCUT2D eigenvalue weighted by Gasteiger charge is -2.25. The van der Waals surface area contributed by atoms with Gasteiger partial charge in [-0.15, -0.1) is 0 Å². The second-order valence-electron chi connectivity index (χ2n) is 6.50. The summed E-state index contributed by atoms with van der Waals surface area (Å²) in [6, 6.07) is 6.44. The van der Waals surface area contributed by atoms with E-state index < -0.39 is 21.7 Å². The standard InChI is InChI=1S/C17H22O5S/c18-17(19)16(11-12-7-9-22-10-8-12)13-1-3-14(4-2-13)23(20,21)15-5-6-15/h1-4,12,15-16H,5-11H2,(H,18,19)/t16-/m1/s1. The van der Waals surface area contributed by atoms with Gasteiger partial charge in [0.05, 0.1) is 16.1 Å². The number of hydrogen-bond acceptors (Lipinski definition) is 4. The van der Waals surface area contributed by atoms with Crippen LogP contribution in [0.5, 0.6) is 0 Å². The van der Waals surface area contributed by atoms with E-state index in [4.69, 9.17) is 4.74 Å². The molecule has 1 saturated carbocycles. The van der Waals surface area contributed by atoms with Crippen molar-refractivity contribution in [1.29, 1.82) is 0 Å². The third-order valence-corrected chi connectivity index (χ3v) is 7.06. The highest BCUT2D eigenvalue weighted by Crippen LogP contribution is 2.35. The smallest absolute Gasteiger partial charge is 0.310 e. The van der Waals surface area contributed by atoms with Crippen LogP contribution < -0.4 is 0 Å². The molecule has 5 nitrogen and oxygen atoms in total. The van der Waals surface area contributed by atoms with Crippen molar-refractivity contribution >= 4 is 15.8 Å². The molecule has 1 N–H and O–H groups in total. The topological polar surface area (TPSA) is 80.7 Å². The fraction of sp³-hybridized carbons (Fsp3) is 0.588. The summed E-state index contributed by atoms with van der Waals surface area (Å²) in [6.45, 7) is 1.38. The van der Waals surface area contributed by atoms with Crippen LogP contribution in [0.3, 0.4) is 0 Å². The molecule has 1 heterocycles. The van der Waals surface area contributed by atoms with Gasteiger partial charge in [0.2, 0.25) is 0 Å². The Labute approximate surface area is 136 Å². The van der Waals surface area contributed by atoms with E-state index in [0.29, 0.717) is 36.0 Å². The molecule has 1 aliphatic carbocycles. The summed E-state index contributed by atoms with van der Waals surface area (Å²) in [5.74, 6) is -1.09. The molecule has 0 bridgehead atoms. The Morgan fingerprint density at radius 3 is 2.26 bits per heavy atom. The molecule has 1 saturated heterocycles. The summed E-state index contributed by atoms with van der Waals surface area (Å²) in [7, 11) is -3.22. The summed E-state index contributed by atoms with van der Waals surface area (Å²) >= 11 is 0. The average Bonchev–Trinajstić information content (AvgIpc) is 3.39. The molecule has 1 atom stereocenters. The van der Waals surface area contributed by atoms with E-state index in [1.807, 2.05) is 0 Å². The van der Waals surface area contributed by atoms with Gasteiger partial charge >= 0.3 is 5.97 Å². The SMILES string of the molecule is O=C(O)[C@H](CC1CCOCC1)c1ccc(S(=O)(=O)C2CC2)cc1. The Balaban J connectivity index is 1.75. The molecule has 2 aliphatic rings. The number of hydrogen-bond donors (Lipinski definition) is 1. The first-order valence-electron chi connectivity index (χ1n) is 8.13. The van der Waals surface area contributed by atoms with E-state index in [1.165, 1.54) is 0 Å². The highest BCUT2D eigenvalue weighted by Gasteiger charge is 2.37. The molecule has 6 heteroatoms. The van der Waals surface area contributed by atoms with Gasteiger partial charge in [0.15, 0.2) is 9.84 Å². The van der Waals surface area contributed by atoms with Gasteiger partial charge in [0.25, 0.3) is 0 Å². The van der Waals surface area contributed by atoms with Gasteiger partial charge in [0, 0.05) is 13.2 Å². The van der Waals surface area contributed by atoms with Crippen LogP contribution >= 0.6 is 0 Å². The van der Waals surface area contributed by atoms with Crippen LogP contribution in [0.4, 0.5) is 0 Å². The van der Waals surface area contributed by atoms with Crippen molar-refractivity contribution in [1.82, 2.24) is 0 Å². The molecular weight excluding hydrogens is 316 g/mol. The van der Waals surface area contributed by atoms with Crippen LogP contribution in [0.1, 0.15) is 43.6 Å². The predicted molar refractivity (Wildman–Crippen MR) is 85.2 cm³/mol. The van der Waals surface area contributed by atoms with Crippen LogP contribution in [0, 0.1) is 5.92 Å². The lowest BCUT2D eigenvalue weighted by molar-refractivity contribution is -0.139. The van der Waals surface area contributed by atoms with Crippen molar-refractivity contribution < 1.29 is 23.1 Å². The summed E-state index contributed by atoms with van der Waals surface area (Å²) in [5.41, 5.74) is 0.679. The molecule has 0 spiro atoms. The zero-order valence-electron chi connectivity index (χ0n) is 13.0. The molecule has 23 heavy (non-hydrogen) atoms. The van der Waals surface area contributed by atoms with Crippen molar-refractivity contribution in [2.75, 3.05) is 13.2 Å². The van der Waals surface area contributed by atoms with Crippen molar-refractivity contribution in [3.8, 4) is 0 Å². The van der Waals surface area contributed by atoms with Crippen molar-refractivity contribution in [3.63, 3.8) is 0 Å². The van der Waals surface area contributed by atoms with Gasteiger partial charge in [-0.25, -0.2) is 8.42 Å². The number of sulfone groups is 1. The molecule has 1 aromatic rings. The van der Waals surface area contributed by atoms with Crippen molar-refractivity contribution in [3.05, 3.63) is 29.8 Å². The number of aliphatic carboxylic acids is 1. The fourth-order valence-electron chi connectivity index (χ4n) is 3.16. The number of rotatable bonds is 6. The van der Waals surface area contributed by atoms with Crippen LogP contribution in [0.2, 0.25) is 0 Å². The predicted octanol–water partition coefficient (Wildman–Crippen LogP) is 2.61. The number of benzene rings is 1. The largest absolute Gasteiger partial charge is 0.481 e. The molecule has 3 rings (SSSR count). The number of ether oxygens (including phenoxy) is 1. The van der Waals surface area contributed by atoms with Gasteiger partial charge < -0.3 is 9.84 Å². The minimum atomic E-state index is -3.22. The summed E-state index contributed by atoms with van der Waals surface area (Å²) < 4.78 is 29.7. The Bertz CT molecular complexity index is 655. The minimum absolute atomic E-state index is 0.245. The molecule has 0 unspecified atom stereocenters. The third-order valence-electron chi connectivity index (χ3n) is 4.78. The second-order valence-corrected chi connectivity index (χ2v) is 8.72. The van der Waals surface area contributed by atoms with E-state index >= 15 is 0 Å². The maximum Gasteiger partial charge on any atom is 0.310 e. The van der Waals surface area contributed by atoms with E-state index in [-0.39, 0.29) is 5.25 Å². The molecular formula is C17H22O5S. The van der Waals surface area contributed by atoms with Gasteiger partial charge in [-0.05, 0) is 55.7 Å². The molecule has 2 fully saturated rings. The van der Waals surface area contributed by atoms with Gasteiger partial charge in [-0.1, -0.05) is 12.1 Å². The maximum absolute atomic E-state index is 12.2. The third kappa shape index (κ3) is 3.75. The van der Waals surface area contributed by atoms with Crippen molar-refractivity contribution in [2.24, 2.45) is 5.92 Å². The first-order valence-corrected chi connectivity index (χ1v) is 9.67. The fourth-order valence-corrected chi connectivity index (χ4v) is 4.81. The summed E-state index contributed by atoms with van der Waals surface area (Å²) in [4.78, 5) is 11.9. The van der Waals surface area contributed by atoms with Crippen LogP contribution in [-0.4, -0.2) is 38.0 Å². The molecule has 0 aromatic heterocycles. The molecule has 1 aromatic carbocycles. The Morgan fingerprint density at radius 1 is 1.13 bits per heavy atom.